The molecule has 0 aliphatic heterocycles. The van der Waals surface area contributed by atoms with Crippen LogP contribution in [-0.4, -0.2) is 20.6 Å². The SMILES string of the molecule is Cc1cc(=O)c(C(=O)NC(C)c2cccs2)nn1-c1ccccc1[N+](=O)[O-]. The highest BCUT2D eigenvalue weighted by Gasteiger charge is 2.21. The van der Waals surface area contributed by atoms with Crippen molar-refractivity contribution in [1.29, 1.82) is 0 Å². The van der Waals surface area contributed by atoms with Crippen molar-refractivity contribution in [2.24, 2.45) is 0 Å². The first-order chi connectivity index (χ1) is 12.9. The number of amides is 1. The maximum Gasteiger partial charge on any atom is 0.294 e. The first kappa shape index (κ1) is 18.5. The summed E-state index contributed by atoms with van der Waals surface area (Å²) in [6.07, 6.45) is 0. The number of hydrogen-bond acceptors (Lipinski definition) is 6. The van der Waals surface area contributed by atoms with Gasteiger partial charge < -0.3 is 5.32 Å². The lowest BCUT2D eigenvalue weighted by Crippen LogP contribution is -2.33. The highest BCUT2D eigenvalue weighted by atomic mass is 32.1. The lowest BCUT2D eigenvalue weighted by atomic mass is 10.2. The average Bonchev–Trinajstić information content (AvgIpc) is 3.16. The molecule has 8 nitrogen and oxygen atoms in total. The topological polar surface area (TPSA) is 107 Å². The van der Waals surface area contributed by atoms with Crippen LogP contribution in [0.5, 0.6) is 0 Å². The molecule has 0 radical (unpaired) electrons. The van der Waals surface area contributed by atoms with Crippen molar-refractivity contribution < 1.29 is 9.72 Å². The van der Waals surface area contributed by atoms with Gasteiger partial charge in [0.15, 0.2) is 5.69 Å². The minimum absolute atomic E-state index is 0.171. The van der Waals surface area contributed by atoms with E-state index in [1.54, 1.807) is 19.9 Å². The Hall–Kier alpha value is -3.33. The summed E-state index contributed by atoms with van der Waals surface area (Å²) >= 11 is 1.49. The van der Waals surface area contributed by atoms with Gasteiger partial charge in [0.05, 0.1) is 11.0 Å². The van der Waals surface area contributed by atoms with Gasteiger partial charge in [0, 0.05) is 22.7 Å². The van der Waals surface area contributed by atoms with E-state index in [9.17, 15) is 19.7 Å². The van der Waals surface area contributed by atoms with E-state index in [1.807, 2.05) is 17.5 Å². The number of benzene rings is 1. The first-order valence-corrected chi connectivity index (χ1v) is 8.95. The molecule has 1 atom stereocenters. The smallest absolute Gasteiger partial charge is 0.294 e. The van der Waals surface area contributed by atoms with E-state index in [0.717, 1.165) is 4.88 Å². The minimum Gasteiger partial charge on any atom is -0.343 e. The number of aryl methyl sites for hydroxylation is 1. The van der Waals surface area contributed by atoms with E-state index in [1.165, 1.54) is 40.3 Å². The summed E-state index contributed by atoms with van der Waals surface area (Å²) in [7, 11) is 0. The van der Waals surface area contributed by atoms with Gasteiger partial charge in [0.1, 0.15) is 5.69 Å². The molecule has 0 fully saturated rings. The molecule has 0 aliphatic rings. The third-order valence-corrected chi connectivity index (χ3v) is 5.00. The average molecular weight is 384 g/mol. The zero-order valence-electron chi connectivity index (χ0n) is 14.6. The number of carbonyl (C=O) groups excluding carboxylic acids is 1. The second kappa shape index (κ2) is 7.50. The molecule has 2 aromatic heterocycles. The van der Waals surface area contributed by atoms with Crippen LogP contribution in [0.1, 0.15) is 34.0 Å². The second-order valence-electron chi connectivity index (χ2n) is 5.87. The summed E-state index contributed by atoms with van der Waals surface area (Å²) in [5.74, 6) is -0.631. The molecule has 1 aromatic carbocycles. The molecule has 0 saturated carbocycles. The Balaban J connectivity index is 2.01. The van der Waals surface area contributed by atoms with Crippen molar-refractivity contribution in [3.05, 3.63) is 84.4 Å². The molecule has 3 rings (SSSR count). The van der Waals surface area contributed by atoms with Crippen LogP contribution >= 0.6 is 11.3 Å². The first-order valence-electron chi connectivity index (χ1n) is 8.07. The van der Waals surface area contributed by atoms with Gasteiger partial charge in [-0.3, -0.25) is 19.7 Å². The number of hydrogen-bond donors (Lipinski definition) is 1. The number of carbonyl (C=O) groups is 1. The molecule has 0 bridgehead atoms. The molecule has 1 amide bonds. The van der Waals surface area contributed by atoms with Crippen LogP contribution in [-0.2, 0) is 0 Å². The van der Waals surface area contributed by atoms with Gasteiger partial charge in [0.2, 0.25) is 5.43 Å². The zero-order valence-corrected chi connectivity index (χ0v) is 15.4. The Bertz CT molecular complexity index is 1060. The fourth-order valence-electron chi connectivity index (χ4n) is 2.62. The van der Waals surface area contributed by atoms with Crippen LogP contribution in [0.15, 0.2) is 52.6 Å². The maximum atomic E-state index is 12.6. The van der Waals surface area contributed by atoms with E-state index in [4.69, 9.17) is 0 Å². The van der Waals surface area contributed by atoms with Crippen LogP contribution in [0.4, 0.5) is 5.69 Å². The van der Waals surface area contributed by atoms with E-state index in [0.29, 0.717) is 5.69 Å². The molecule has 9 heteroatoms. The van der Waals surface area contributed by atoms with Crippen molar-refractivity contribution in [2.45, 2.75) is 19.9 Å². The summed E-state index contributed by atoms with van der Waals surface area (Å²) < 4.78 is 1.24. The lowest BCUT2D eigenvalue weighted by molar-refractivity contribution is -0.384. The Morgan fingerprint density at radius 2 is 2.04 bits per heavy atom. The zero-order chi connectivity index (χ0) is 19.6. The highest BCUT2D eigenvalue weighted by molar-refractivity contribution is 7.10. The van der Waals surface area contributed by atoms with E-state index < -0.39 is 16.3 Å². The van der Waals surface area contributed by atoms with E-state index >= 15 is 0 Å². The molecule has 0 saturated heterocycles. The summed E-state index contributed by atoms with van der Waals surface area (Å²) in [6, 6.07) is 10.7. The predicted octanol–water partition coefficient (Wildman–Crippen LogP) is 3.00. The fraction of sp³-hybridized carbons (Fsp3) is 0.167. The Kier molecular flexibility index (Phi) is 5.13. The molecule has 3 aromatic rings. The van der Waals surface area contributed by atoms with Gasteiger partial charge in [-0.15, -0.1) is 11.3 Å². The molecule has 27 heavy (non-hydrogen) atoms. The number of thiophene rings is 1. The Morgan fingerprint density at radius 1 is 1.30 bits per heavy atom. The number of rotatable bonds is 5. The summed E-state index contributed by atoms with van der Waals surface area (Å²) in [4.78, 5) is 36.6. The lowest BCUT2D eigenvalue weighted by Gasteiger charge is -2.14. The molecule has 0 spiro atoms. The van der Waals surface area contributed by atoms with Crippen molar-refractivity contribution in [2.75, 3.05) is 0 Å². The summed E-state index contributed by atoms with van der Waals surface area (Å²) in [5.41, 5.74) is -0.465. The molecule has 1 unspecified atom stereocenters. The van der Waals surface area contributed by atoms with E-state index in [2.05, 4.69) is 10.4 Å². The number of para-hydroxylation sites is 2. The molecular formula is C18H16N4O4S. The fourth-order valence-corrected chi connectivity index (χ4v) is 3.35. The number of nitro groups is 1. The van der Waals surface area contributed by atoms with Crippen molar-refractivity contribution in [3.63, 3.8) is 0 Å². The van der Waals surface area contributed by atoms with Gasteiger partial charge in [-0.1, -0.05) is 18.2 Å². The Labute approximate surface area is 158 Å². The number of nitrogens with one attached hydrogen (secondary N) is 1. The van der Waals surface area contributed by atoms with Crippen LogP contribution in [0, 0.1) is 17.0 Å². The van der Waals surface area contributed by atoms with Crippen LogP contribution in [0.3, 0.4) is 0 Å². The Morgan fingerprint density at radius 3 is 2.70 bits per heavy atom. The molecule has 138 valence electrons. The van der Waals surface area contributed by atoms with Gasteiger partial charge in [0.25, 0.3) is 11.6 Å². The standard InChI is InChI=1S/C18H16N4O4S/c1-11-10-15(23)17(18(24)19-12(2)16-8-5-9-27-16)20-21(11)13-6-3-4-7-14(13)22(25)26/h3-10,12H,1-2H3,(H,19,24). The summed E-state index contributed by atoms with van der Waals surface area (Å²) in [5, 5.41) is 20.0. The number of aromatic nitrogens is 2. The monoisotopic (exact) mass is 384 g/mol. The quantitative estimate of drug-likeness (QED) is 0.537. The normalized spacial score (nSPS) is 11.8. The van der Waals surface area contributed by atoms with Gasteiger partial charge in [-0.2, -0.15) is 5.10 Å². The van der Waals surface area contributed by atoms with Crippen molar-refractivity contribution in [3.8, 4) is 5.69 Å². The maximum absolute atomic E-state index is 12.6. The predicted molar refractivity (Wildman–Crippen MR) is 101 cm³/mol. The molecular weight excluding hydrogens is 368 g/mol. The second-order valence-corrected chi connectivity index (χ2v) is 6.85. The van der Waals surface area contributed by atoms with Gasteiger partial charge in [-0.25, -0.2) is 4.68 Å². The third kappa shape index (κ3) is 3.77. The molecule has 1 N–H and O–H groups in total. The van der Waals surface area contributed by atoms with Crippen molar-refractivity contribution in [1.82, 2.24) is 15.1 Å². The van der Waals surface area contributed by atoms with Crippen LogP contribution < -0.4 is 10.7 Å². The number of nitrogens with zero attached hydrogens (tertiary/aromatic N) is 3. The van der Waals surface area contributed by atoms with Crippen LogP contribution in [0.25, 0.3) is 5.69 Å². The van der Waals surface area contributed by atoms with Crippen molar-refractivity contribution >= 4 is 22.9 Å². The third-order valence-electron chi connectivity index (χ3n) is 3.95. The molecule has 0 aliphatic carbocycles. The number of nitro benzene ring substituents is 1. The molecule has 2 heterocycles. The largest absolute Gasteiger partial charge is 0.343 e. The van der Waals surface area contributed by atoms with Gasteiger partial charge in [-0.05, 0) is 31.4 Å². The van der Waals surface area contributed by atoms with Crippen LogP contribution in [0.2, 0.25) is 0 Å². The van der Waals surface area contributed by atoms with Gasteiger partial charge >= 0.3 is 0 Å². The van der Waals surface area contributed by atoms with E-state index in [-0.39, 0.29) is 23.1 Å². The summed E-state index contributed by atoms with van der Waals surface area (Å²) in [6.45, 7) is 3.40. The highest BCUT2D eigenvalue weighted by Crippen LogP contribution is 2.22. The minimum atomic E-state index is -0.631.